The van der Waals surface area contributed by atoms with E-state index in [1.165, 1.54) is 20.0 Å². The normalized spacial score (nSPS) is 24.6. The molecule has 2 N–H and O–H groups in total. The minimum absolute atomic E-state index is 0.0148. The van der Waals surface area contributed by atoms with Gasteiger partial charge >= 0.3 is 0 Å². The molecule has 1 aliphatic heterocycles. The van der Waals surface area contributed by atoms with Crippen molar-refractivity contribution in [1.29, 1.82) is 0 Å². The van der Waals surface area contributed by atoms with E-state index in [1.807, 2.05) is 12.3 Å². The highest BCUT2D eigenvalue weighted by atomic mass is 16.5. The monoisotopic (exact) mass is 336 g/mol. The third-order valence-corrected chi connectivity index (χ3v) is 4.59. The second kappa shape index (κ2) is 6.90. The summed E-state index contributed by atoms with van der Waals surface area (Å²) >= 11 is 0. The van der Waals surface area contributed by atoms with Crippen molar-refractivity contribution < 1.29 is 19.1 Å². The van der Waals surface area contributed by atoms with Crippen LogP contribution in [0.2, 0.25) is 0 Å². The number of primary amides is 1. The number of amides is 2. The predicted molar refractivity (Wildman–Crippen MR) is 85.2 cm³/mol. The molecule has 8 heteroatoms. The van der Waals surface area contributed by atoms with Gasteiger partial charge in [-0.1, -0.05) is 0 Å². The second-order valence-electron chi connectivity index (χ2n) is 6.61. The standard InChI is InChI=1S/C16H24N4O4/c1-23-16(8-14(17)21)10-19(6-7-24-11-16)15(22)9-20-5-4-13(18-20)12-2-3-12/h4-5,12H,2-3,6-11H2,1H3,(H2,17,21)/t16-/m1/s1. The number of methoxy groups -OCH3 is 1. The first-order valence-corrected chi connectivity index (χ1v) is 8.24. The highest BCUT2D eigenvalue weighted by Gasteiger charge is 2.38. The number of rotatable bonds is 6. The number of nitrogens with zero attached hydrogens (tertiary/aromatic N) is 3. The van der Waals surface area contributed by atoms with Crippen LogP contribution in [0.25, 0.3) is 0 Å². The van der Waals surface area contributed by atoms with Gasteiger partial charge < -0.3 is 20.1 Å². The first kappa shape index (κ1) is 16.9. The van der Waals surface area contributed by atoms with E-state index >= 15 is 0 Å². The Kier molecular flexibility index (Phi) is 4.86. The van der Waals surface area contributed by atoms with Crippen LogP contribution in [0.15, 0.2) is 12.3 Å². The lowest BCUT2D eigenvalue weighted by molar-refractivity contribution is -0.140. The Bertz CT molecular complexity index is 613. The van der Waals surface area contributed by atoms with Crippen LogP contribution >= 0.6 is 0 Å². The molecule has 3 rings (SSSR count). The topological polar surface area (TPSA) is 99.7 Å². The van der Waals surface area contributed by atoms with Gasteiger partial charge in [0.15, 0.2) is 0 Å². The summed E-state index contributed by atoms with van der Waals surface area (Å²) in [4.78, 5) is 25.7. The van der Waals surface area contributed by atoms with Crippen LogP contribution in [0, 0.1) is 0 Å². The molecule has 2 amide bonds. The fourth-order valence-electron chi connectivity index (χ4n) is 3.04. The zero-order chi connectivity index (χ0) is 17.2. The minimum Gasteiger partial charge on any atom is -0.377 e. The summed E-state index contributed by atoms with van der Waals surface area (Å²) in [6.07, 6.45) is 4.21. The molecule has 1 aromatic heterocycles. The third-order valence-electron chi connectivity index (χ3n) is 4.59. The summed E-state index contributed by atoms with van der Waals surface area (Å²) in [5, 5.41) is 4.47. The molecular weight excluding hydrogens is 312 g/mol. The average Bonchev–Trinajstić information content (AvgIpc) is 3.32. The van der Waals surface area contributed by atoms with E-state index in [0.29, 0.717) is 19.1 Å². The van der Waals surface area contributed by atoms with E-state index in [-0.39, 0.29) is 32.0 Å². The molecule has 1 saturated carbocycles. The van der Waals surface area contributed by atoms with Crippen molar-refractivity contribution in [2.75, 3.05) is 33.4 Å². The molecule has 1 atom stereocenters. The SMILES string of the molecule is CO[C@@]1(CC(N)=O)COCCN(C(=O)Cn2ccc(C3CC3)n2)C1. The Balaban J connectivity index is 1.66. The van der Waals surface area contributed by atoms with E-state index in [1.54, 1.807) is 9.58 Å². The van der Waals surface area contributed by atoms with Crippen molar-refractivity contribution in [2.24, 2.45) is 5.73 Å². The first-order chi connectivity index (χ1) is 11.5. The maximum absolute atomic E-state index is 12.6. The molecule has 8 nitrogen and oxygen atoms in total. The zero-order valence-corrected chi connectivity index (χ0v) is 13.9. The van der Waals surface area contributed by atoms with Crippen molar-refractivity contribution in [3.05, 3.63) is 18.0 Å². The molecule has 1 saturated heterocycles. The maximum atomic E-state index is 12.6. The van der Waals surface area contributed by atoms with Crippen LogP contribution < -0.4 is 5.73 Å². The lowest BCUT2D eigenvalue weighted by Crippen LogP contribution is -2.50. The molecule has 0 spiro atoms. The molecule has 1 aromatic rings. The van der Waals surface area contributed by atoms with Gasteiger partial charge in [0, 0.05) is 25.8 Å². The van der Waals surface area contributed by atoms with Crippen molar-refractivity contribution in [2.45, 2.75) is 37.3 Å². The van der Waals surface area contributed by atoms with E-state index in [2.05, 4.69) is 5.10 Å². The lowest BCUT2D eigenvalue weighted by atomic mass is 9.99. The Morgan fingerprint density at radius 1 is 1.50 bits per heavy atom. The summed E-state index contributed by atoms with van der Waals surface area (Å²) in [6.45, 7) is 1.55. The molecule has 2 heterocycles. The molecule has 132 valence electrons. The summed E-state index contributed by atoms with van der Waals surface area (Å²) in [5.41, 5.74) is 5.49. The van der Waals surface area contributed by atoms with Crippen LogP contribution in [-0.4, -0.2) is 65.5 Å². The van der Waals surface area contributed by atoms with Crippen LogP contribution in [-0.2, 0) is 25.6 Å². The predicted octanol–water partition coefficient (Wildman–Crippen LogP) is -0.120. The van der Waals surface area contributed by atoms with Crippen molar-refractivity contribution in [3.8, 4) is 0 Å². The number of hydrogen-bond acceptors (Lipinski definition) is 5. The number of aromatic nitrogens is 2. The Hall–Kier alpha value is -1.93. The van der Waals surface area contributed by atoms with Gasteiger partial charge in [-0.3, -0.25) is 14.3 Å². The number of carbonyl (C=O) groups is 2. The van der Waals surface area contributed by atoms with Crippen LogP contribution in [0.5, 0.6) is 0 Å². The molecular formula is C16H24N4O4. The molecule has 0 bridgehead atoms. The van der Waals surface area contributed by atoms with Gasteiger partial charge in [0.05, 0.1) is 31.9 Å². The van der Waals surface area contributed by atoms with Gasteiger partial charge in [-0.05, 0) is 18.9 Å². The Morgan fingerprint density at radius 2 is 2.29 bits per heavy atom. The lowest BCUT2D eigenvalue weighted by Gasteiger charge is -2.33. The fourth-order valence-corrected chi connectivity index (χ4v) is 3.04. The highest BCUT2D eigenvalue weighted by molar-refractivity contribution is 5.77. The number of ether oxygens (including phenoxy) is 2. The first-order valence-electron chi connectivity index (χ1n) is 8.24. The van der Waals surface area contributed by atoms with E-state index in [9.17, 15) is 9.59 Å². The summed E-state index contributed by atoms with van der Waals surface area (Å²) in [7, 11) is 1.51. The van der Waals surface area contributed by atoms with E-state index in [4.69, 9.17) is 15.2 Å². The molecule has 1 aliphatic carbocycles. The van der Waals surface area contributed by atoms with Gasteiger partial charge in [0.25, 0.3) is 0 Å². The summed E-state index contributed by atoms with van der Waals surface area (Å²) in [5.74, 6) is 0.0115. The van der Waals surface area contributed by atoms with Gasteiger partial charge in [-0.2, -0.15) is 5.10 Å². The fraction of sp³-hybridized carbons (Fsp3) is 0.688. The van der Waals surface area contributed by atoms with Crippen LogP contribution in [0.3, 0.4) is 0 Å². The zero-order valence-electron chi connectivity index (χ0n) is 13.9. The third kappa shape index (κ3) is 3.93. The van der Waals surface area contributed by atoms with Crippen LogP contribution in [0.4, 0.5) is 0 Å². The second-order valence-corrected chi connectivity index (χ2v) is 6.61. The highest BCUT2D eigenvalue weighted by Crippen LogP contribution is 2.38. The number of carbonyl (C=O) groups excluding carboxylic acids is 2. The van der Waals surface area contributed by atoms with Gasteiger partial charge in [-0.25, -0.2) is 0 Å². The van der Waals surface area contributed by atoms with Crippen LogP contribution in [0.1, 0.15) is 30.9 Å². The van der Waals surface area contributed by atoms with Gasteiger partial charge in [0.1, 0.15) is 12.1 Å². The number of nitrogens with two attached hydrogens (primary N) is 1. The Morgan fingerprint density at radius 3 is 2.96 bits per heavy atom. The molecule has 0 radical (unpaired) electrons. The van der Waals surface area contributed by atoms with Crippen molar-refractivity contribution >= 4 is 11.8 Å². The molecule has 0 aromatic carbocycles. The average molecular weight is 336 g/mol. The minimum atomic E-state index is -0.888. The van der Waals surface area contributed by atoms with Crippen molar-refractivity contribution in [3.63, 3.8) is 0 Å². The smallest absolute Gasteiger partial charge is 0.244 e. The largest absolute Gasteiger partial charge is 0.377 e. The Labute approximate surface area is 140 Å². The summed E-state index contributed by atoms with van der Waals surface area (Å²) in [6, 6.07) is 1.98. The van der Waals surface area contributed by atoms with Gasteiger partial charge in [-0.15, -0.1) is 0 Å². The maximum Gasteiger partial charge on any atom is 0.244 e. The van der Waals surface area contributed by atoms with Gasteiger partial charge in [0.2, 0.25) is 11.8 Å². The molecule has 24 heavy (non-hydrogen) atoms. The summed E-state index contributed by atoms with van der Waals surface area (Å²) < 4.78 is 12.7. The molecule has 2 aliphatic rings. The molecule has 2 fully saturated rings. The molecule has 0 unspecified atom stereocenters. The quantitative estimate of drug-likeness (QED) is 0.781. The van der Waals surface area contributed by atoms with Crippen molar-refractivity contribution in [1.82, 2.24) is 14.7 Å². The number of hydrogen-bond donors (Lipinski definition) is 1. The van der Waals surface area contributed by atoms with E-state index in [0.717, 1.165) is 5.69 Å². The van der Waals surface area contributed by atoms with E-state index < -0.39 is 11.5 Å².